The number of carbonyl (C=O) groups is 6. The lowest BCUT2D eigenvalue weighted by Gasteiger charge is -2.38. The van der Waals surface area contributed by atoms with E-state index in [0.717, 1.165) is 64.2 Å². The van der Waals surface area contributed by atoms with Gasteiger partial charge in [-0.1, -0.05) is 89.5 Å². The lowest BCUT2D eigenvalue weighted by Crippen LogP contribution is -2.62. The monoisotopic (exact) mass is 812 g/mol. The number of likely N-dealkylation sites (tertiary alicyclic amines) is 1. The molecule has 4 aliphatic rings. The Morgan fingerprint density at radius 3 is 2.05 bits per heavy atom. The van der Waals surface area contributed by atoms with Gasteiger partial charge in [-0.05, 0) is 68.1 Å². The molecule has 3 saturated carbocycles. The second kappa shape index (κ2) is 23.8. The molecule has 1 aromatic heterocycles. The zero-order valence-corrected chi connectivity index (χ0v) is 32.3. The molecule has 0 bridgehead atoms. The number of nitrogens with zero attached hydrogens (tertiary/aromatic N) is 3. The number of Topliss-reactive ketones (excluding diaryl/α,β-unsaturated/α-hetero) is 1. The average Bonchev–Trinajstić information content (AvgIpc) is 3.65. The Balaban J connectivity index is 0. The summed E-state index contributed by atoms with van der Waals surface area (Å²) in [4.78, 5) is 91.4. The first-order valence-electron chi connectivity index (χ1n) is 18.2. The van der Waals surface area contributed by atoms with Gasteiger partial charge < -0.3 is 26.2 Å². The van der Waals surface area contributed by atoms with Gasteiger partial charge >= 0.3 is 0 Å². The fraction of sp³-hybridized carbons (Fsp3) is 0.750. The third-order valence-electron chi connectivity index (χ3n) is 10.7. The minimum absolute atomic E-state index is 0. The number of amides is 5. The van der Waals surface area contributed by atoms with E-state index in [1.54, 1.807) is 4.90 Å². The van der Waals surface area contributed by atoms with Gasteiger partial charge in [0.1, 0.15) is 23.8 Å². The van der Waals surface area contributed by atoms with Gasteiger partial charge in [-0.25, -0.2) is 4.98 Å². The average molecular weight is 812 g/mol. The first-order chi connectivity index (χ1) is 23.4. The topological polar surface area (TPSA) is 180 Å². The molecule has 3 aliphatic carbocycles. The Kier molecular flexibility index (Phi) is 23.3. The molecule has 5 rings (SSSR count). The van der Waals surface area contributed by atoms with Crippen LogP contribution in [0.25, 0.3) is 0 Å². The molecule has 316 valence electrons. The first-order valence-corrected chi connectivity index (χ1v) is 18.2. The molecule has 6 atom stereocenters. The smallest absolute Gasteiger partial charge is 0.289 e. The highest BCUT2D eigenvalue weighted by Gasteiger charge is 2.52. The summed E-state index contributed by atoms with van der Waals surface area (Å²) in [5.41, 5.74) is -0.638. The Bertz CT molecular complexity index is 1400. The summed E-state index contributed by atoms with van der Waals surface area (Å²) in [6, 6.07) is -3.68. The van der Waals surface area contributed by atoms with E-state index in [9.17, 15) is 28.8 Å². The van der Waals surface area contributed by atoms with Crippen molar-refractivity contribution >= 4 is 62.3 Å². The standard InChI is InChI=1S/C36H53N7O6.4CH4.2H2S/c1-5-10-25(29(44)34(48)39-23-15-16-23)40-33(47)28-24-14-9-13-22(24)20-43(28)35(49)30(36(2,3)4)42-32(46)27(21-11-7-6-8-12-21)41-31(45)26-19-37-17-18-38-26;;;;;;/h17-19,21-25,27-28,30H,5-16,20H2,1-4H3,(H,39,48)(H,40,47)(H,41,45)(H,42,46);4*1H4;2*1H2/t22-,24-,25-,27+,28-,30+;;;;;;/m1....../s1. The molecule has 0 spiro atoms. The number of hydrogen-bond acceptors (Lipinski definition) is 8. The van der Waals surface area contributed by atoms with Gasteiger partial charge in [0.25, 0.3) is 11.8 Å². The van der Waals surface area contributed by atoms with Gasteiger partial charge in [0.2, 0.25) is 23.5 Å². The summed E-state index contributed by atoms with van der Waals surface area (Å²) in [5.74, 6) is -3.20. The Labute approximate surface area is 344 Å². The van der Waals surface area contributed by atoms with Crippen LogP contribution >= 0.6 is 27.0 Å². The summed E-state index contributed by atoms with van der Waals surface area (Å²) < 4.78 is 0. The second-order valence-corrected chi connectivity index (χ2v) is 15.5. The number of carbonyl (C=O) groups excluding carboxylic acids is 6. The maximum atomic E-state index is 14.6. The summed E-state index contributed by atoms with van der Waals surface area (Å²) in [6.45, 7) is 7.85. The second-order valence-electron chi connectivity index (χ2n) is 15.5. The van der Waals surface area contributed by atoms with Crippen molar-refractivity contribution < 1.29 is 28.8 Å². The molecule has 0 radical (unpaired) electrons. The van der Waals surface area contributed by atoms with Gasteiger partial charge in [-0.3, -0.25) is 33.8 Å². The molecular formula is C40H73N7O6S2. The van der Waals surface area contributed by atoms with Crippen molar-refractivity contribution in [3.8, 4) is 0 Å². The molecule has 15 heteroatoms. The van der Waals surface area contributed by atoms with Crippen LogP contribution in [0.5, 0.6) is 0 Å². The summed E-state index contributed by atoms with van der Waals surface area (Å²) in [5, 5.41) is 11.5. The lowest BCUT2D eigenvalue weighted by molar-refractivity contribution is -0.146. The quantitative estimate of drug-likeness (QED) is 0.196. The minimum Gasteiger partial charge on any atom is -0.347 e. The van der Waals surface area contributed by atoms with Crippen molar-refractivity contribution in [1.82, 2.24) is 36.1 Å². The third-order valence-corrected chi connectivity index (χ3v) is 10.7. The van der Waals surface area contributed by atoms with Crippen molar-refractivity contribution in [3.63, 3.8) is 0 Å². The maximum absolute atomic E-state index is 14.6. The van der Waals surface area contributed by atoms with E-state index in [-0.39, 0.29) is 92.1 Å². The SMILES string of the molecule is C.C.C.C.CCC[C@@H](NC(=O)[C@H]1[C@@H]2CCC[C@@H]2CN1C(=O)[C@H](NC(=O)[C@@H](NC(=O)c1cnccn1)C1CCCCC1)C(C)(C)C)C(=O)C(=O)NC1CC1.S.S. The number of hydrogen-bond donors (Lipinski definition) is 4. The van der Waals surface area contributed by atoms with Crippen LogP contribution in [0.2, 0.25) is 0 Å². The highest BCUT2D eigenvalue weighted by Crippen LogP contribution is 2.43. The Morgan fingerprint density at radius 2 is 1.49 bits per heavy atom. The predicted octanol–water partition coefficient (Wildman–Crippen LogP) is 5.22. The van der Waals surface area contributed by atoms with Crippen LogP contribution in [0, 0.1) is 23.2 Å². The molecule has 1 aliphatic heterocycles. The van der Waals surface area contributed by atoms with Crippen molar-refractivity contribution in [3.05, 3.63) is 24.3 Å². The number of fused-ring (bicyclic) bond motifs is 1. The van der Waals surface area contributed by atoms with Crippen LogP contribution in [-0.4, -0.2) is 86.9 Å². The van der Waals surface area contributed by atoms with Crippen LogP contribution in [0.4, 0.5) is 0 Å². The summed E-state index contributed by atoms with van der Waals surface area (Å²) >= 11 is 0. The van der Waals surface area contributed by atoms with E-state index in [1.807, 2.05) is 27.7 Å². The van der Waals surface area contributed by atoms with Crippen LogP contribution in [-0.2, 0) is 24.0 Å². The molecule has 4 fully saturated rings. The van der Waals surface area contributed by atoms with E-state index in [4.69, 9.17) is 0 Å². The third kappa shape index (κ3) is 13.5. The fourth-order valence-electron chi connectivity index (χ4n) is 7.87. The maximum Gasteiger partial charge on any atom is 0.289 e. The number of nitrogens with one attached hydrogen (secondary N) is 4. The van der Waals surface area contributed by atoms with Crippen molar-refractivity contribution in [2.75, 3.05) is 6.54 Å². The summed E-state index contributed by atoms with van der Waals surface area (Å²) in [7, 11) is 0. The minimum atomic E-state index is -0.994. The Hall–Kier alpha value is -3.20. The van der Waals surface area contributed by atoms with Crippen molar-refractivity contribution in [1.29, 1.82) is 0 Å². The predicted molar refractivity (Wildman–Crippen MR) is 228 cm³/mol. The number of aromatic nitrogens is 2. The van der Waals surface area contributed by atoms with E-state index in [2.05, 4.69) is 31.2 Å². The van der Waals surface area contributed by atoms with Gasteiger partial charge in [0, 0.05) is 25.0 Å². The molecule has 1 aromatic rings. The summed E-state index contributed by atoms with van der Waals surface area (Å²) in [6.07, 6.45) is 13.9. The van der Waals surface area contributed by atoms with Crippen molar-refractivity contribution in [2.24, 2.45) is 23.2 Å². The highest BCUT2D eigenvalue weighted by atomic mass is 32.1. The zero-order valence-electron chi connectivity index (χ0n) is 30.3. The van der Waals surface area contributed by atoms with Crippen LogP contribution in [0.1, 0.15) is 145 Å². The Morgan fingerprint density at radius 1 is 0.836 bits per heavy atom. The number of rotatable bonds is 13. The molecule has 4 N–H and O–H groups in total. The van der Waals surface area contributed by atoms with E-state index < -0.39 is 59.0 Å². The van der Waals surface area contributed by atoms with E-state index >= 15 is 0 Å². The first kappa shape index (κ1) is 53.9. The molecule has 1 saturated heterocycles. The number of ketones is 1. The largest absolute Gasteiger partial charge is 0.347 e. The molecule has 2 heterocycles. The van der Waals surface area contributed by atoms with Crippen LogP contribution in [0.15, 0.2) is 18.6 Å². The van der Waals surface area contributed by atoms with Gasteiger partial charge in [0.05, 0.1) is 12.2 Å². The molecule has 55 heavy (non-hydrogen) atoms. The highest BCUT2D eigenvalue weighted by molar-refractivity contribution is 7.59. The van der Waals surface area contributed by atoms with Gasteiger partial charge in [-0.15, -0.1) is 0 Å². The normalized spacial score (nSPS) is 21.6. The van der Waals surface area contributed by atoms with Crippen molar-refractivity contribution in [2.45, 2.75) is 165 Å². The van der Waals surface area contributed by atoms with Gasteiger partial charge in [-0.2, -0.15) is 27.0 Å². The zero-order chi connectivity index (χ0) is 35.3. The fourth-order valence-corrected chi connectivity index (χ4v) is 7.87. The molecule has 13 nitrogen and oxygen atoms in total. The van der Waals surface area contributed by atoms with Crippen LogP contribution < -0.4 is 21.3 Å². The van der Waals surface area contributed by atoms with Gasteiger partial charge in [0.15, 0.2) is 0 Å². The molecule has 0 unspecified atom stereocenters. The molecule has 5 amide bonds. The van der Waals surface area contributed by atoms with E-state index in [0.29, 0.717) is 19.4 Å². The molecule has 0 aromatic carbocycles. The lowest BCUT2D eigenvalue weighted by atomic mass is 9.82. The van der Waals surface area contributed by atoms with E-state index in [1.165, 1.54) is 18.6 Å². The van der Waals surface area contributed by atoms with Crippen LogP contribution in [0.3, 0.4) is 0 Å². The molecular weight excluding hydrogens is 739 g/mol.